The average molecular weight is 297 g/mol. The Morgan fingerprint density at radius 2 is 2.32 bits per heavy atom. The Morgan fingerprint density at radius 1 is 1.58 bits per heavy atom. The number of hydrogen-bond acceptors (Lipinski definition) is 4. The predicted molar refractivity (Wildman–Crippen MR) is 75.8 cm³/mol. The lowest BCUT2D eigenvalue weighted by Gasteiger charge is -2.21. The molecule has 1 atom stereocenters. The third kappa shape index (κ3) is 3.39. The van der Waals surface area contributed by atoms with Gasteiger partial charge in [0, 0.05) is 21.9 Å². The zero-order valence-electron chi connectivity index (χ0n) is 10.4. The molecule has 0 bridgehead atoms. The van der Waals surface area contributed by atoms with Crippen LogP contribution in [0.2, 0.25) is 5.02 Å². The normalized spacial score (nSPS) is 17.8. The van der Waals surface area contributed by atoms with Crippen LogP contribution in [-0.2, 0) is 9.53 Å². The SMILES string of the molecule is C=C(C)COC(=O)C1CC(=O)c2cc(Cl)ccc2S1. The third-order valence-electron chi connectivity index (χ3n) is 2.61. The summed E-state index contributed by atoms with van der Waals surface area (Å²) in [6.45, 7) is 5.64. The third-order valence-corrected chi connectivity index (χ3v) is 4.09. The van der Waals surface area contributed by atoms with Crippen LogP contribution >= 0.6 is 23.4 Å². The van der Waals surface area contributed by atoms with Gasteiger partial charge in [0.1, 0.15) is 11.9 Å². The summed E-state index contributed by atoms with van der Waals surface area (Å²) in [6.07, 6.45) is 0.146. The van der Waals surface area contributed by atoms with Crippen molar-refractivity contribution in [3.8, 4) is 0 Å². The second-order valence-corrected chi connectivity index (χ2v) is 6.12. The maximum absolute atomic E-state index is 12.0. The van der Waals surface area contributed by atoms with Crippen molar-refractivity contribution in [1.82, 2.24) is 0 Å². The van der Waals surface area contributed by atoms with Gasteiger partial charge in [-0.1, -0.05) is 18.2 Å². The molecular formula is C14H13ClO3S. The van der Waals surface area contributed by atoms with E-state index in [9.17, 15) is 9.59 Å². The summed E-state index contributed by atoms with van der Waals surface area (Å²) >= 11 is 7.21. The molecule has 1 aliphatic rings. The molecule has 1 aromatic carbocycles. The summed E-state index contributed by atoms with van der Waals surface area (Å²) < 4.78 is 5.09. The van der Waals surface area contributed by atoms with Gasteiger partial charge in [-0.3, -0.25) is 9.59 Å². The van der Waals surface area contributed by atoms with Crippen molar-refractivity contribution in [2.75, 3.05) is 6.61 Å². The number of esters is 1. The molecule has 0 aliphatic carbocycles. The van der Waals surface area contributed by atoms with Gasteiger partial charge in [-0.15, -0.1) is 11.8 Å². The van der Waals surface area contributed by atoms with Crippen molar-refractivity contribution in [3.05, 3.63) is 40.9 Å². The van der Waals surface area contributed by atoms with Crippen molar-refractivity contribution in [2.45, 2.75) is 23.5 Å². The van der Waals surface area contributed by atoms with Crippen molar-refractivity contribution in [2.24, 2.45) is 0 Å². The number of thioether (sulfide) groups is 1. The number of ketones is 1. The highest BCUT2D eigenvalue weighted by Gasteiger charge is 2.31. The van der Waals surface area contributed by atoms with E-state index in [4.69, 9.17) is 16.3 Å². The predicted octanol–water partition coefficient (Wildman–Crippen LogP) is 3.51. The van der Waals surface area contributed by atoms with Gasteiger partial charge in [0.05, 0.1) is 0 Å². The molecule has 0 saturated heterocycles. The molecule has 1 unspecified atom stereocenters. The van der Waals surface area contributed by atoms with E-state index in [1.807, 2.05) is 0 Å². The summed E-state index contributed by atoms with van der Waals surface area (Å²) in [7, 11) is 0. The van der Waals surface area contributed by atoms with Crippen LogP contribution in [0.5, 0.6) is 0 Å². The van der Waals surface area contributed by atoms with Gasteiger partial charge in [0.2, 0.25) is 0 Å². The number of rotatable bonds is 3. The first-order chi connectivity index (χ1) is 8.97. The maximum Gasteiger partial charge on any atom is 0.320 e. The Morgan fingerprint density at radius 3 is 3.00 bits per heavy atom. The van der Waals surface area contributed by atoms with E-state index in [0.29, 0.717) is 10.6 Å². The first kappa shape index (κ1) is 14.2. The van der Waals surface area contributed by atoms with E-state index in [1.165, 1.54) is 11.8 Å². The lowest BCUT2D eigenvalue weighted by atomic mass is 10.1. The number of fused-ring (bicyclic) bond motifs is 1. The fourth-order valence-corrected chi connectivity index (χ4v) is 3.04. The van der Waals surface area contributed by atoms with Crippen molar-refractivity contribution < 1.29 is 14.3 Å². The molecule has 0 spiro atoms. The summed E-state index contributed by atoms with van der Waals surface area (Å²) in [5, 5.41) is 0.0385. The summed E-state index contributed by atoms with van der Waals surface area (Å²) in [6, 6.07) is 5.11. The molecule has 5 heteroatoms. The minimum atomic E-state index is -0.486. The van der Waals surface area contributed by atoms with E-state index in [0.717, 1.165) is 10.5 Å². The fourth-order valence-electron chi connectivity index (χ4n) is 1.71. The summed E-state index contributed by atoms with van der Waals surface area (Å²) in [5.74, 6) is -0.449. The number of halogens is 1. The first-order valence-electron chi connectivity index (χ1n) is 5.78. The molecule has 100 valence electrons. The van der Waals surface area contributed by atoms with Crippen LogP contribution in [0.15, 0.2) is 35.2 Å². The topological polar surface area (TPSA) is 43.4 Å². The Labute approximate surface area is 121 Å². The lowest BCUT2D eigenvalue weighted by molar-refractivity contribution is -0.142. The molecule has 19 heavy (non-hydrogen) atoms. The number of Topliss-reactive ketones (excluding diaryl/α,β-unsaturated/α-hetero) is 1. The number of carbonyl (C=O) groups excluding carboxylic acids is 2. The van der Waals surface area contributed by atoms with E-state index in [1.54, 1.807) is 25.1 Å². The lowest BCUT2D eigenvalue weighted by Crippen LogP contribution is -2.27. The number of carbonyl (C=O) groups is 2. The molecule has 1 heterocycles. The Bertz CT molecular complexity index is 554. The minimum Gasteiger partial charge on any atom is -0.460 e. The zero-order valence-corrected chi connectivity index (χ0v) is 12.0. The number of benzene rings is 1. The molecule has 0 amide bonds. The van der Waals surface area contributed by atoms with Crippen LogP contribution in [0.25, 0.3) is 0 Å². The van der Waals surface area contributed by atoms with Gasteiger partial charge in [-0.2, -0.15) is 0 Å². The largest absolute Gasteiger partial charge is 0.460 e. The monoisotopic (exact) mass is 296 g/mol. The molecule has 2 rings (SSSR count). The van der Waals surface area contributed by atoms with Crippen LogP contribution in [0.3, 0.4) is 0 Å². The molecule has 0 radical (unpaired) electrons. The average Bonchev–Trinajstić information content (AvgIpc) is 2.36. The summed E-state index contributed by atoms with van der Waals surface area (Å²) in [5.41, 5.74) is 1.36. The van der Waals surface area contributed by atoms with Crippen LogP contribution in [0.1, 0.15) is 23.7 Å². The number of ether oxygens (including phenoxy) is 1. The van der Waals surface area contributed by atoms with Crippen LogP contribution in [0.4, 0.5) is 0 Å². The van der Waals surface area contributed by atoms with Crippen LogP contribution < -0.4 is 0 Å². The first-order valence-corrected chi connectivity index (χ1v) is 7.03. The second-order valence-electron chi connectivity index (χ2n) is 4.44. The molecule has 0 aromatic heterocycles. The summed E-state index contributed by atoms with van der Waals surface area (Å²) in [4.78, 5) is 24.6. The highest BCUT2D eigenvalue weighted by molar-refractivity contribution is 8.00. The molecule has 3 nitrogen and oxygen atoms in total. The highest BCUT2D eigenvalue weighted by Crippen LogP contribution is 2.37. The van der Waals surface area contributed by atoms with Gasteiger partial charge < -0.3 is 4.74 Å². The highest BCUT2D eigenvalue weighted by atomic mass is 35.5. The van der Waals surface area contributed by atoms with Gasteiger partial charge in [0.15, 0.2) is 5.78 Å². The van der Waals surface area contributed by atoms with Gasteiger partial charge in [-0.05, 0) is 30.7 Å². The Hall–Kier alpha value is -1.26. The maximum atomic E-state index is 12.0. The Kier molecular flexibility index (Phi) is 4.32. The van der Waals surface area contributed by atoms with E-state index >= 15 is 0 Å². The van der Waals surface area contributed by atoms with E-state index in [-0.39, 0.29) is 24.8 Å². The molecule has 1 aromatic rings. The van der Waals surface area contributed by atoms with Crippen molar-refractivity contribution in [1.29, 1.82) is 0 Å². The molecule has 1 aliphatic heterocycles. The fraction of sp³-hybridized carbons (Fsp3) is 0.286. The standard InChI is InChI=1S/C14H13ClO3S/c1-8(2)7-18-14(17)13-6-11(16)10-5-9(15)3-4-12(10)19-13/h3-5,13H,1,6-7H2,2H3. The van der Waals surface area contributed by atoms with Gasteiger partial charge in [0.25, 0.3) is 0 Å². The van der Waals surface area contributed by atoms with Crippen LogP contribution in [0, 0.1) is 0 Å². The van der Waals surface area contributed by atoms with Gasteiger partial charge >= 0.3 is 5.97 Å². The Balaban J connectivity index is 2.12. The van der Waals surface area contributed by atoms with E-state index in [2.05, 4.69) is 6.58 Å². The molecule has 0 fully saturated rings. The number of hydrogen-bond donors (Lipinski definition) is 0. The van der Waals surface area contributed by atoms with Crippen LogP contribution in [-0.4, -0.2) is 23.6 Å². The molecule has 0 saturated carbocycles. The van der Waals surface area contributed by atoms with Crippen molar-refractivity contribution in [3.63, 3.8) is 0 Å². The van der Waals surface area contributed by atoms with Crippen molar-refractivity contribution >= 4 is 35.1 Å². The van der Waals surface area contributed by atoms with E-state index < -0.39 is 5.25 Å². The second kappa shape index (κ2) is 5.80. The molecule has 0 N–H and O–H groups in total. The quantitative estimate of drug-likeness (QED) is 0.632. The minimum absolute atomic E-state index is 0.0754. The zero-order chi connectivity index (χ0) is 14.0. The smallest absolute Gasteiger partial charge is 0.320 e. The molecular weight excluding hydrogens is 284 g/mol. The van der Waals surface area contributed by atoms with Gasteiger partial charge in [-0.25, -0.2) is 0 Å².